The van der Waals surface area contributed by atoms with Gasteiger partial charge in [-0.15, -0.1) is 0 Å². The summed E-state index contributed by atoms with van der Waals surface area (Å²) in [6, 6.07) is 8.01. The van der Waals surface area contributed by atoms with Crippen LogP contribution in [0.1, 0.15) is 18.9 Å². The van der Waals surface area contributed by atoms with Gasteiger partial charge in [0.2, 0.25) is 0 Å². The first kappa shape index (κ1) is 14.5. The van der Waals surface area contributed by atoms with Crippen LogP contribution in [0.25, 0.3) is 0 Å². The van der Waals surface area contributed by atoms with Gasteiger partial charge < -0.3 is 10.6 Å². The number of urea groups is 1. The van der Waals surface area contributed by atoms with Gasteiger partial charge in [0, 0.05) is 25.8 Å². The molecule has 0 heterocycles. The van der Waals surface area contributed by atoms with Crippen LogP contribution in [0.5, 0.6) is 0 Å². The summed E-state index contributed by atoms with van der Waals surface area (Å²) in [4.78, 5) is 15.8. The molecule has 0 fully saturated rings. The van der Waals surface area contributed by atoms with Gasteiger partial charge in [-0.25, -0.2) is 4.79 Å². The lowest BCUT2D eigenvalue weighted by Gasteiger charge is -2.27. The van der Waals surface area contributed by atoms with Crippen LogP contribution in [0.15, 0.2) is 24.3 Å². The van der Waals surface area contributed by atoms with E-state index in [1.807, 2.05) is 45.2 Å². The van der Waals surface area contributed by atoms with E-state index in [2.05, 4.69) is 0 Å². The van der Waals surface area contributed by atoms with E-state index in [9.17, 15) is 4.79 Å². The number of nitrogens with zero attached hydrogens (tertiary/aromatic N) is 2. The molecule has 0 atom stereocenters. The molecule has 0 aliphatic carbocycles. The van der Waals surface area contributed by atoms with Gasteiger partial charge in [0.25, 0.3) is 0 Å². The molecule has 100 valence electrons. The van der Waals surface area contributed by atoms with Crippen LogP contribution >= 0.6 is 0 Å². The Morgan fingerprint density at radius 3 is 2.67 bits per heavy atom. The number of rotatable bonds is 5. The van der Waals surface area contributed by atoms with Crippen molar-refractivity contribution in [3.05, 3.63) is 29.8 Å². The third kappa shape index (κ3) is 3.74. The molecule has 1 rings (SSSR count). The minimum absolute atomic E-state index is 0.0246. The summed E-state index contributed by atoms with van der Waals surface area (Å²) in [5, 5.41) is 0. The zero-order chi connectivity index (χ0) is 13.5. The Balaban J connectivity index is 2.93. The number of benzene rings is 1. The maximum Gasteiger partial charge on any atom is 0.324 e. The third-order valence-electron chi connectivity index (χ3n) is 2.93. The van der Waals surface area contributed by atoms with Crippen molar-refractivity contribution in [2.24, 2.45) is 5.73 Å². The van der Waals surface area contributed by atoms with E-state index >= 15 is 0 Å². The molecule has 0 aliphatic rings. The molecule has 0 spiro atoms. The highest BCUT2D eigenvalue weighted by Gasteiger charge is 2.18. The fraction of sp³-hybridized carbons (Fsp3) is 0.500. The maximum absolute atomic E-state index is 12.3. The van der Waals surface area contributed by atoms with Crippen molar-refractivity contribution < 1.29 is 4.79 Å². The van der Waals surface area contributed by atoms with E-state index in [0.717, 1.165) is 17.7 Å². The topological polar surface area (TPSA) is 49.6 Å². The second-order valence-electron chi connectivity index (χ2n) is 4.43. The Hall–Kier alpha value is -1.55. The van der Waals surface area contributed by atoms with Gasteiger partial charge in [0.05, 0.1) is 0 Å². The number of hydrogen-bond donors (Lipinski definition) is 1. The molecule has 0 unspecified atom stereocenters. The van der Waals surface area contributed by atoms with Crippen molar-refractivity contribution in [1.82, 2.24) is 4.90 Å². The van der Waals surface area contributed by atoms with E-state index in [-0.39, 0.29) is 6.03 Å². The number of carbonyl (C=O) groups is 1. The Labute approximate surface area is 109 Å². The summed E-state index contributed by atoms with van der Waals surface area (Å²) in [6.07, 6.45) is 0.803. The van der Waals surface area contributed by atoms with Crippen LogP contribution in [-0.2, 0) is 0 Å². The summed E-state index contributed by atoms with van der Waals surface area (Å²) in [5.41, 5.74) is 7.63. The van der Waals surface area contributed by atoms with Crippen LogP contribution < -0.4 is 10.6 Å². The highest BCUT2D eigenvalue weighted by atomic mass is 16.2. The van der Waals surface area contributed by atoms with E-state index < -0.39 is 0 Å². The molecule has 1 aromatic carbocycles. The minimum atomic E-state index is 0.0246. The lowest BCUT2D eigenvalue weighted by Crippen LogP contribution is -2.42. The minimum Gasteiger partial charge on any atom is -0.330 e. The van der Waals surface area contributed by atoms with E-state index in [1.54, 1.807) is 9.80 Å². The highest BCUT2D eigenvalue weighted by molar-refractivity contribution is 5.91. The number of nitrogens with two attached hydrogens (primary N) is 1. The Bertz CT molecular complexity index is 392. The first-order chi connectivity index (χ1) is 8.60. The average Bonchev–Trinajstić information content (AvgIpc) is 2.38. The van der Waals surface area contributed by atoms with Gasteiger partial charge in [0.1, 0.15) is 0 Å². The Kier molecular flexibility index (Phi) is 5.65. The number of amides is 2. The molecule has 0 aliphatic heterocycles. The molecule has 0 radical (unpaired) electrons. The van der Waals surface area contributed by atoms with Crippen LogP contribution in [0.4, 0.5) is 10.5 Å². The Morgan fingerprint density at radius 2 is 2.11 bits per heavy atom. The fourth-order valence-electron chi connectivity index (χ4n) is 1.72. The van der Waals surface area contributed by atoms with Crippen LogP contribution in [0.3, 0.4) is 0 Å². The monoisotopic (exact) mass is 249 g/mol. The molecule has 18 heavy (non-hydrogen) atoms. The lowest BCUT2D eigenvalue weighted by molar-refractivity contribution is 0.217. The number of hydrogen-bond acceptors (Lipinski definition) is 2. The number of anilines is 1. The molecule has 0 saturated carbocycles. The lowest BCUT2D eigenvalue weighted by atomic mass is 10.2. The predicted octanol–water partition coefficient (Wildman–Crippen LogP) is 2.22. The molecule has 0 aromatic heterocycles. The summed E-state index contributed by atoms with van der Waals surface area (Å²) in [5.74, 6) is 0. The van der Waals surface area contributed by atoms with Crippen molar-refractivity contribution in [3.63, 3.8) is 0 Å². The van der Waals surface area contributed by atoms with Gasteiger partial charge in [0.15, 0.2) is 0 Å². The van der Waals surface area contributed by atoms with E-state index in [1.165, 1.54) is 0 Å². The quantitative estimate of drug-likeness (QED) is 0.870. The van der Waals surface area contributed by atoms with Crippen LogP contribution in [-0.4, -0.2) is 37.6 Å². The van der Waals surface area contributed by atoms with E-state index in [0.29, 0.717) is 19.6 Å². The third-order valence-corrected chi connectivity index (χ3v) is 2.93. The second kappa shape index (κ2) is 7.01. The SMILES string of the molecule is CCN(C)C(=O)N(CCCN)c1cccc(C)c1. The molecule has 4 nitrogen and oxygen atoms in total. The molecular weight excluding hydrogens is 226 g/mol. The van der Waals surface area contributed by atoms with Crippen LogP contribution in [0, 0.1) is 6.92 Å². The standard InChI is InChI=1S/C14H23N3O/c1-4-16(3)14(18)17(10-6-9-15)13-8-5-7-12(2)11-13/h5,7-8,11H,4,6,9-10,15H2,1-3H3. The van der Waals surface area contributed by atoms with Gasteiger partial charge in [-0.05, 0) is 44.5 Å². The van der Waals surface area contributed by atoms with E-state index in [4.69, 9.17) is 5.73 Å². The molecule has 0 bridgehead atoms. The maximum atomic E-state index is 12.3. The normalized spacial score (nSPS) is 10.2. The Morgan fingerprint density at radius 1 is 1.39 bits per heavy atom. The second-order valence-corrected chi connectivity index (χ2v) is 4.43. The van der Waals surface area contributed by atoms with Crippen LogP contribution in [0.2, 0.25) is 0 Å². The van der Waals surface area contributed by atoms with Gasteiger partial charge >= 0.3 is 6.03 Å². The molecule has 2 N–H and O–H groups in total. The summed E-state index contributed by atoms with van der Waals surface area (Å²) >= 11 is 0. The zero-order valence-corrected chi connectivity index (χ0v) is 11.5. The largest absolute Gasteiger partial charge is 0.330 e. The molecule has 4 heteroatoms. The van der Waals surface area contributed by atoms with Crippen molar-refractivity contribution in [1.29, 1.82) is 0 Å². The summed E-state index contributed by atoms with van der Waals surface area (Å²) in [6.45, 7) is 5.94. The smallest absolute Gasteiger partial charge is 0.324 e. The van der Waals surface area contributed by atoms with Crippen molar-refractivity contribution >= 4 is 11.7 Å². The summed E-state index contributed by atoms with van der Waals surface area (Å²) < 4.78 is 0. The van der Waals surface area contributed by atoms with Crippen molar-refractivity contribution in [2.75, 3.05) is 31.6 Å². The summed E-state index contributed by atoms with van der Waals surface area (Å²) in [7, 11) is 1.81. The first-order valence-electron chi connectivity index (χ1n) is 6.39. The van der Waals surface area contributed by atoms with Crippen molar-refractivity contribution in [3.8, 4) is 0 Å². The zero-order valence-electron chi connectivity index (χ0n) is 11.5. The average molecular weight is 249 g/mol. The van der Waals surface area contributed by atoms with Gasteiger partial charge in [-0.2, -0.15) is 0 Å². The molecule has 0 saturated heterocycles. The molecule has 2 amide bonds. The van der Waals surface area contributed by atoms with Crippen molar-refractivity contribution in [2.45, 2.75) is 20.3 Å². The van der Waals surface area contributed by atoms with Gasteiger partial charge in [-0.3, -0.25) is 4.90 Å². The molecular formula is C14H23N3O. The first-order valence-corrected chi connectivity index (χ1v) is 6.39. The predicted molar refractivity (Wildman–Crippen MR) is 75.9 cm³/mol. The molecule has 1 aromatic rings. The van der Waals surface area contributed by atoms with Gasteiger partial charge in [-0.1, -0.05) is 12.1 Å². The fourth-order valence-corrected chi connectivity index (χ4v) is 1.72. The highest BCUT2D eigenvalue weighted by Crippen LogP contribution is 2.17. The number of carbonyl (C=O) groups excluding carboxylic acids is 1. The number of aryl methyl sites for hydroxylation is 1.